The van der Waals surface area contributed by atoms with Gasteiger partial charge in [0.1, 0.15) is 0 Å². The number of rotatable bonds is 2. The van der Waals surface area contributed by atoms with Crippen LogP contribution < -0.4 is 5.73 Å². The van der Waals surface area contributed by atoms with E-state index >= 15 is 0 Å². The molecule has 2 N–H and O–H groups in total. The molecule has 1 aliphatic carbocycles. The normalized spacial score (nSPS) is 19.4. The second-order valence-corrected chi connectivity index (χ2v) is 5.34. The Morgan fingerprint density at radius 2 is 1.35 bits per heavy atom. The highest BCUT2D eigenvalue weighted by molar-refractivity contribution is 5.25. The molecule has 1 aliphatic rings. The molecular formula is C16H25N. The molecule has 0 aliphatic heterocycles. The third-order valence-corrected chi connectivity index (χ3v) is 4.04. The number of hydrogen-bond donors (Lipinski definition) is 1. The fourth-order valence-corrected chi connectivity index (χ4v) is 2.89. The first kappa shape index (κ1) is 12.6. The predicted octanol–water partition coefficient (Wildman–Crippen LogP) is 4.36. The first-order valence-corrected chi connectivity index (χ1v) is 7.19. The highest BCUT2D eigenvalue weighted by Crippen LogP contribution is 2.30. The molecule has 1 heteroatoms. The van der Waals surface area contributed by atoms with Gasteiger partial charge in [-0.15, -0.1) is 0 Å². The molecule has 17 heavy (non-hydrogen) atoms. The van der Waals surface area contributed by atoms with E-state index in [0.717, 1.165) is 5.92 Å². The summed E-state index contributed by atoms with van der Waals surface area (Å²) in [5.74, 6) is 0.792. The predicted molar refractivity (Wildman–Crippen MR) is 74.0 cm³/mol. The van der Waals surface area contributed by atoms with Gasteiger partial charge in [-0.25, -0.2) is 0 Å². The van der Waals surface area contributed by atoms with E-state index < -0.39 is 0 Å². The Labute approximate surface area is 105 Å². The largest absolute Gasteiger partial charge is 0.326 e. The van der Waals surface area contributed by atoms with E-state index in [-0.39, 0.29) is 0 Å². The van der Waals surface area contributed by atoms with Crippen LogP contribution in [0, 0.1) is 0 Å². The average molecular weight is 231 g/mol. The van der Waals surface area contributed by atoms with Crippen LogP contribution in [-0.4, -0.2) is 0 Å². The topological polar surface area (TPSA) is 26.0 Å². The van der Waals surface area contributed by atoms with Gasteiger partial charge in [0.25, 0.3) is 0 Å². The molecule has 0 amide bonds. The Morgan fingerprint density at radius 1 is 0.824 bits per heavy atom. The van der Waals surface area contributed by atoms with Gasteiger partial charge in [0, 0.05) is 6.54 Å². The van der Waals surface area contributed by atoms with Gasteiger partial charge in [0.15, 0.2) is 0 Å². The molecule has 0 spiro atoms. The number of hydrogen-bond acceptors (Lipinski definition) is 1. The van der Waals surface area contributed by atoms with E-state index in [9.17, 15) is 0 Å². The summed E-state index contributed by atoms with van der Waals surface area (Å²) in [6, 6.07) is 8.99. The lowest BCUT2D eigenvalue weighted by atomic mass is 9.89. The minimum Gasteiger partial charge on any atom is -0.326 e. The maximum atomic E-state index is 5.64. The maximum Gasteiger partial charge on any atom is 0.0178 e. The van der Waals surface area contributed by atoms with Crippen molar-refractivity contribution in [3.63, 3.8) is 0 Å². The lowest BCUT2D eigenvalue weighted by Crippen LogP contribution is -2.01. The molecule has 1 fully saturated rings. The van der Waals surface area contributed by atoms with Crippen molar-refractivity contribution in [2.24, 2.45) is 5.73 Å². The van der Waals surface area contributed by atoms with Crippen molar-refractivity contribution in [3.05, 3.63) is 35.4 Å². The summed E-state index contributed by atoms with van der Waals surface area (Å²) in [4.78, 5) is 0. The van der Waals surface area contributed by atoms with Gasteiger partial charge in [-0.3, -0.25) is 0 Å². The molecule has 1 nitrogen and oxygen atoms in total. The molecule has 0 unspecified atom stereocenters. The number of nitrogens with two attached hydrogens (primary N) is 1. The van der Waals surface area contributed by atoms with Crippen molar-refractivity contribution >= 4 is 0 Å². The first-order valence-electron chi connectivity index (χ1n) is 7.19. The molecule has 1 aromatic carbocycles. The fourth-order valence-electron chi connectivity index (χ4n) is 2.89. The highest BCUT2D eigenvalue weighted by Gasteiger charge is 2.12. The fraction of sp³-hybridized carbons (Fsp3) is 0.625. The van der Waals surface area contributed by atoms with Gasteiger partial charge < -0.3 is 5.73 Å². The second-order valence-electron chi connectivity index (χ2n) is 5.34. The van der Waals surface area contributed by atoms with E-state index in [1.54, 1.807) is 0 Å². The van der Waals surface area contributed by atoms with Crippen LogP contribution in [0.25, 0.3) is 0 Å². The van der Waals surface area contributed by atoms with Crippen molar-refractivity contribution in [1.82, 2.24) is 0 Å². The quantitative estimate of drug-likeness (QED) is 0.804. The average Bonchev–Trinajstić information content (AvgIpc) is 2.52. The second kappa shape index (κ2) is 6.80. The summed E-state index contributed by atoms with van der Waals surface area (Å²) in [5, 5.41) is 0. The zero-order valence-corrected chi connectivity index (χ0v) is 10.8. The SMILES string of the molecule is NCc1ccc(C2CCCCCCCC2)cc1. The van der Waals surface area contributed by atoms with Gasteiger partial charge in [-0.05, 0) is 29.9 Å². The summed E-state index contributed by atoms with van der Waals surface area (Å²) in [6.45, 7) is 0.658. The molecule has 0 aromatic heterocycles. The molecular weight excluding hydrogens is 206 g/mol. The van der Waals surface area contributed by atoms with Gasteiger partial charge in [0.05, 0.1) is 0 Å². The van der Waals surface area contributed by atoms with Crippen molar-refractivity contribution in [3.8, 4) is 0 Å². The van der Waals surface area contributed by atoms with Gasteiger partial charge in [0.2, 0.25) is 0 Å². The molecule has 2 rings (SSSR count). The van der Waals surface area contributed by atoms with Crippen LogP contribution in [0.5, 0.6) is 0 Å². The molecule has 94 valence electrons. The summed E-state index contributed by atoms with van der Waals surface area (Å²) >= 11 is 0. The summed E-state index contributed by atoms with van der Waals surface area (Å²) in [6.07, 6.45) is 11.3. The zero-order valence-electron chi connectivity index (χ0n) is 10.8. The highest BCUT2D eigenvalue weighted by atomic mass is 14.5. The monoisotopic (exact) mass is 231 g/mol. The third-order valence-electron chi connectivity index (χ3n) is 4.04. The van der Waals surface area contributed by atoms with Crippen LogP contribution in [0.1, 0.15) is 68.4 Å². The summed E-state index contributed by atoms with van der Waals surface area (Å²) in [7, 11) is 0. The Hall–Kier alpha value is -0.820. The lowest BCUT2D eigenvalue weighted by molar-refractivity contribution is 0.539. The van der Waals surface area contributed by atoms with Crippen LogP contribution >= 0.6 is 0 Å². The molecule has 0 saturated heterocycles. The van der Waals surface area contributed by atoms with E-state index in [4.69, 9.17) is 5.73 Å². The van der Waals surface area contributed by atoms with E-state index in [1.165, 1.54) is 62.5 Å². The lowest BCUT2D eigenvalue weighted by Gasteiger charge is -2.16. The van der Waals surface area contributed by atoms with Gasteiger partial charge >= 0.3 is 0 Å². The van der Waals surface area contributed by atoms with Crippen molar-refractivity contribution in [1.29, 1.82) is 0 Å². The van der Waals surface area contributed by atoms with Crippen molar-refractivity contribution in [2.45, 2.75) is 63.8 Å². The smallest absolute Gasteiger partial charge is 0.0178 e. The molecule has 0 radical (unpaired) electrons. The molecule has 1 saturated carbocycles. The van der Waals surface area contributed by atoms with Gasteiger partial charge in [-0.2, -0.15) is 0 Å². The van der Waals surface area contributed by atoms with E-state index in [0.29, 0.717) is 6.54 Å². The Morgan fingerprint density at radius 3 is 1.88 bits per heavy atom. The Bertz CT molecular complexity index is 305. The van der Waals surface area contributed by atoms with Crippen molar-refractivity contribution < 1.29 is 0 Å². The van der Waals surface area contributed by atoms with Gasteiger partial charge in [-0.1, -0.05) is 62.8 Å². The maximum absolute atomic E-state index is 5.64. The minimum atomic E-state index is 0.658. The molecule has 0 atom stereocenters. The van der Waals surface area contributed by atoms with E-state index in [2.05, 4.69) is 24.3 Å². The van der Waals surface area contributed by atoms with Crippen molar-refractivity contribution in [2.75, 3.05) is 0 Å². The number of benzene rings is 1. The first-order chi connectivity index (χ1) is 8.40. The Kier molecular flexibility index (Phi) is 5.06. The zero-order chi connectivity index (χ0) is 11.9. The molecule has 1 aromatic rings. The van der Waals surface area contributed by atoms with E-state index in [1.807, 2.05) is 0 Å². The molecule has 0 bridgehead atoms. The van der Waals surface area contributed by atoms with Crippen LogP contribution in [0.4, 0.5) is 0 Å². The van der Waals surface area contributed by atoms with Crippen LogP contribution in [0.2, 0.25) is 0 Å². The Balaban J connectivity index is 2.01. The van der Waals surface area contributed by atoms with Crippen LogP contribution in [0.3, 0.4) is 0 Å². The molecule has 0 heterocycles. The minimum absolute atomic E-state index is 0.658. The summed E-state index contributed by atoms with van der Waals surface area (Å²) in [5.41, 5.74) is 8.42. The van der Waals surface area contributed by atoms with Crippen LogP contribution in [-0.2, 0) is 6.54 Å². The van der Waals surface area contributed by atoms with Crippen LogP contribution in [0.15, 0.2) is 24.3 Å². The third kappa shape index (κ3) is 3.85. The summed E-state index contributed by atoms with van der Waals surface area (Å²) < 4.78 is 0. The standard InChI is InChI=1S/C16H25N/c17-13-14-9-11-16(12-10-14)15-7-5-3-1-2-4-6-8-15/h9-12,15H,1-8,13,17H2.